The molecule has 1 amide bonds. The summed E-state index contributed by atoms with van der Waals surface area (Å²) in [5, 5.41) is 10.3. The highest BCUT2D eigenvalue weighted by Crippen LogP contribution is 2.34. The third-order valence-electron chi connectivity index (χ3n) is 6.69. The third-order valence-corrected chi connectivity index (χ3v) is 6.69. The first-order valence-electron chi connectivity index (χ1n) is 13.8. The van der Waals surface area contributed by atoms with E-state index in [1.807, 2.05) is 25.8 Å². The van der Waals surface area contributed by atoms with E-state index in [-0.39, 0.29) is 35.4 Å². The maximum atomic E-state index is 14.0. The van der Waals surface area contributed by atoms with Crippen LogP contribution in [0.15, 0.2) is 42.7 Å². The smallest absolute Gasteiger partial charge is 0.416 e. The Labute approximate surface area is 248 Å². The summed E-state index contributed by atoms with van der Waals surface area (Å²) in [4.78, 5) is 28.6. The molecule has 0 unspecified atom stereocenters. The molecular formula is C31H34F3N7O2. The number of aryl methyl sites for hydroxylation is 1. The predicted octanol–water partition coefficient (Wildman–Crippen LogP) is 4.95. The summed E-state index contributed by atoms with van der Waals surface area (Å²) in [7, 11) is 1.99. The van der Waals surface area contributed by atoms with Crippen LogP contribution in [0.1, 0.15) is 58.1 Å². The molecular weight excluding hydrogens is 559 g/mol. The van der Waals surface area contributed by atoms with E-state index in [4.69, 9.17) is 10.1 Å². The number of halogens is 3. The number of imidazole rings is 1. The molecule has 226 valence electrons. The Morgan fingerprint density at radius 2 is 1.91 bits per heavy atom. The molecule has 3 heterocycles. The summed E-state index contributed by atoms with van der Waals surface area (Å²) in [5.74, 6) is 5.78. The van der Waals surface area contributed by atoms with Gasteiger partial charge in [-0.3, -0.25) is 20.1 Å². The number of likely N-dealkylation sites (N-methyl/N-ethyl adjacent to an activating group) is 1. The van der Waals surface area contributed by atoms with Crippen LogP contribution in [-0.4, -0.2) is 75.9 Å². The number of H-pyrrole nitrogens is 1. The van der Waals surface area contributed by atoms with Crippen molar-refractivity contribution in [1.82, 2.24) is 24.8 Å². The molecule has 43 heavy (non-hydrogen) atoms. The molecule has 0 spiro atoms. The second-order valence-electron chi connectivity index (χ2n) is 10.6. The zero-order valence-electron chi connectivity index (χ0n) is 24.5. The molecule has 1 fully saturated rings. The van der Waals surface area contributed by atoms with Crippen LogP contribution in [-0.2, 0) is 17.5 Å². The molecule has 2 aromatic heterocycles. The lowest BCUT2D eigenvalue weighted by Crippen LogP contribution is -2.44. The minimum Gasteiger partial charge on any atom is -0.475 e. The topological polar surface area (TPSA) is 110 Å². The number of nitrogens with zero attached hydrogens (tertiary/aromatic N) is 4. The van der Waals surface area contributed by atoms with E-state index in [0.29, 0.717) is 35.9 Å². The Kier molecular flexibility index (Phi) is 10.0. The van der Waals surface area contributed by atoms with Gasteiger partial charge in [-0.25, -0.2) is 4.98 Å². The molecule has 0 aliphatic carbocycles. The Morgan fingerprint density at radius 3 is 2.60 bits per heavy atom. The fraction of sp³-hybridized carbons (Fsp3) is 0.355. The van der Waals surface area contributed by atoms with Crippen LogP contribution in [0.5, 0.6) is 0 Å². The lowest BCUT2D eigenvalue weighted by molar-refractivity contribution is -0.138. The van der Waals surface area contributed by atoms with Crippen LogP contribution < -0.4 is 5.32 Å². The quantitative estimate of drug-likeness (QED) is 0.203. The SMILES string of the molecule is Cc1ncc(C(=O)Nc2ccc(CN3CCN(C)CC3)c(C(F)(F)F)c2)cc1C#Cc1cnc(/C=C\C(=N)OC(C)C)[nH]1. The van der Waals surface area contributed by atoms with E-state index in [1.54, 1.807) is 19.1 Å². The van der Waals surface area contributed by atoms with Crippen molar-refractivity contribution in [3.05, 3.63) is 82.2 Å². The monoisotopic (exact) mass is 593 g/mol. The predicted molar refractivity (Wildman–Crippen MR) is 159 cm³/mol. The molecule has 0 bridgehead atoms. The van der Waals surface area contributed by atoms with E-state index in [0.717, 1.165) is 19.2 Å². The zero-order valence-corrected chi connectivity index (χ0v) is 24.5. The number of anilines is 1. The van der Waals surface area contributed by atoms with E-state index >= 15 is 0 Å². The van der Waals surface area contributed by atoms with Crippen molar-refractivity contribution in [3.63, 3.8) is 0 Å². The Balaban J connectivity index is 1.46. The maximum absolute atomic E-state index is 14.0. The number of amides is 1. The number of aromatic nitrogens is 3. The van der Waals surface area contributed by atoms with Crippen molar-refractivity contribution in [2.75, 3.05) is 38.5 Å². The first-order chi connectivity index (χ1) is 20.4. The highest BCUT2D eigenvalue weighted by Gasteiger charge is 2.34. The Hall–Kier alpha value is -4.47. The highest BCUT2D eigenvalue weighted by molar-refractivity contribution is 6.04. The second kappa shape index (κ2) is 13.7. The largest absolute Gasteiger partial charge is 0.475 e. The second-order valence-corrected chi connectivity index (χ2v) is 10.6. The average Bonchev–Trinajstić information content (AvgIpc) is 3.40. The number of ether oxygens (including phenoxy) is 1. The van der Waals surface area contributed by atoms with Crippen LogP contribution >= 0.6 is 0 Å². The number of nitrogens with one attached hydrogen (secondary N) is 3. The Bertz CT molecular complexity index is 1560. The number of alkyl halides is 3. The minimum absolute atomic E-state index is 0.00653. The van der Waals surface area contributed by atoms with Gasteiger partial charge in [0.15, 0.2) is 0 Å². The number of benzene rings is 1. The van der Waals surface area contributed by atoms with Crippen LogP contribution in [0.25, 0.3) is 6.08 Å². The van der Waals surface area contributed by atoms with Gasteiger partial charge in [-0.2, -0.15) is 13.2 Å². The van der Waals surface area contributed by atoms with Crippen LogP contribution in [0.3, 0.4) is 0 Å². The van der Waals surface area contributed by atoms with Crippen molar-refractivity contribution < 1.29 is 22.7 Å². The van der Waals surface area contributed by atoms with Gasteiger partial charge in [0.25, 0.3) is 5.91 Å². The summed E-state index contributed by atoms with van der Waals surface area (Å²) in [6, 6.07) is 5.43. The zero-order chi connectivity index (χ0) is 31.1. The third kappa shape index (κ3) is 9.01. The van der Waals surface area contributed by atoms with Crippen LogP contribution in [0.2, 0.25) is 0 Å². The lowest BCUT2D eigenvalue weighted by atomic mass is 10.0. The van der Waals surface area contributed by atoms with Gasteiger partial charge in [0.1, 0.15) is 11.5 Å². The average molecular weight is 594 g/mol. The fourth-order valence-electron chi connectivity index (χ4n) is 4.36. The molecule has 4 rings (SSSR count). The molecule has 1 aromatic carbocycles. The molecule has 1 aliphatic heterocycles. The summed E-state index contributed by atoms with van der Waals surface area (Å²) in [6.07, 6.45) is 1.28. The molecule has 1 aliphatic rings. The van der Waals surface area contributed by atoms with Crippen molar-refractivity contribution in [1.29, 1.82) is 5.41 Å². The van der Waals surface area contributed by atoms with Crippen molar-refractivity contribution in [2.45, 2.75) is 39.6 Å². The van der Waals surface area contributed by atoms with Crippen LogP contribution in [0.4, 0.5) is 18.9 Å². The number of piperazine rings is 1. The number of pyridine rings is 1. The van der Waals surface area contributed by atoms with E-state index in [2.05, 4.69) is 37.0 Å². The normalized spacial score (nSPS) is 14.5. The number of aromatic amines is 1. The lowest BCUT2D eigenvalue weighted by Gasteiger charge is -2.33. The van der Waals surface area contributed by atoms with E-state index in [1.165, 1.54) is 30.6 Å². The molecule has 1 saturated heterocycles. The van der Waals surface area contributed by atoms with Crippen molar-refractivity contribution >= 4 is 23.6 Å². The molecule has 12 heteroatoms. The molecule has 0 radical (unpaired) electrons. The summed E-state index contributed by atoms with van der Waals surface area (Å²) in [5.41, 5.74) is 1.15. The van der Waals surface area contributed by atoms with Gasteiger partial charge in [0.05, 0.1) is 29.1 Å². The maximum Gasteiger partial charge on any atom is 0.416 e. The van der Waals surface area contributed by atoms with E-state index in [9.17, 15) is 18.0 Å². The van der Waals surface area contributed by atoms with Crippen molar-refractivity contribution in [3.8, 4) is 11.8 Å². The summed E-state index contributed by atoms with van der Waals surface area (Å²) in [6.45, 7) is 8.56. The van der Waals surface area contributed by atoms with Gasteiger partial charge < -0.3 is 19.9 Å². The van der Waals surface area contributed by atoms with Gasteiger partial charge in [0, 0.05) is 56.2 Å². The van der Waals surface area contributed by atoms with Gasteiger partial charge in [0.2, 0.25) is 5.90 Å². The number of hydrogen-bond acceptors (Lipinski definition) is 7. The summed E-state index contributed by atoms with van der Waals surface area (Å²) < 4.78 is 47.1. The van der Waals surface area contributed by atoms with Gasteiger partial charge in [-0.05, 0) is 63.6 Å². The summed E-state index contributed by atoms with van der Waals surface area (Å²) >= 11 is 0. The first kappa shape index (κ1) is 31.5. The molecule has 3 aromatic rings. The number of carbonyl (C=O) groups excluding carboxylic acids is 1. The molecule has 9 nitrogen and oxygen atoms in total. The molecule has 3 N–H and O–H groups in total. The highest BCUT2D eigenvalue weighted by atomic mass is 19.4. The fourth-order valence-corrected chi connectivity index (χ4v) is 4.36. The van der Waals surface area contributed by atoms with Gasteiger partial charge in [-0.15, -0.1) is 0 Å². The van der Waals surface area contributed by atoms with Crippen LogP contribution in [0, 0.1) is 24.2 Å². The molecule has 0 atom stereocenters. The number of carbonyl (C=O) groups is 1. The Morgan fingerprint density at radius 1 is 1.16 bits per heavy atom. The number of rotatable bonds is 7. The van der Waals surface area contributed by atoms with E-state index < -0.39 is 17.6 Å². The van der Waals surface area contributed by atoms with Crippen molar-refractivity contribution in [2.24, 2.45) is 0 Å². The standard InChI is InChI=1S/C31H34F3N7O2/c1-20(2)43-28(35)9-10-29-37-18-26(38-29)8-5-22-15-24(17-36-21(22)3)30(42)39-25-7-6-23(27(16-25)31(32,33)34)19-41-13-11-40(4)12-14-41/h6-7,9-10,15-18,20,35H,11-14,19H2,1-4H3,(H,37,38)(H,39,42)/b10-9-,35-28?. The minimum atomic E-state index is -4.57. The van der Waals surface area contributed by atoms with Gasteiger partial charge in [-0.1, -0.05) is 12.0 Å². The first-order valence-corrected chi connectivity index (χ1v) is 13.8. The number of hydrogen-bond donors (Lipinski definition) is 3. The van der Waals surface area contributed by atoms with Gasteiger partial charge >= 0.3 is 6.18 Å². The molecule has 0 saturated carbocycles.